The third-order valence-electron chi connectivity index (χ3n) is 3.37. The molecule has 0 aromatic carbocycles. The molecule has 0 spiro atoms. The summed E-state index contributed by atoms with van der Waals surface area (Å²) in [5, 5.41) is 4.73. The minimum atomic E-state index is 0.351. The first-order valence-corrected chi connectivity index (χ1v) is 6.36. The summed E-state index contributed by atoms with van der Waals surface area (Å²) in [5.74, 6) is 0.588. The molecular formula is C12H20ClN3. The van der Waals surface area contributed by atoms with Gasteiger partial charge in [0.05, 0.1) is 11.4 Å². The van der Waals surface area contributed by atoms with Gasteiger partial charge in [-0.05, 0) is 31.9 Å². The van der Waals surface area contributed by atoms with Crippen molar-refractivity contribution < 1.29 is 0 Å². The minimum Gasteiger partial charge on any atom is -0.297 e. The Morgan fingerprint density at radius 3 is 2.88 bits per heavy atom. The lowest BCUT2D eigenvalue weighted by molar-refractivity contribution is 0.176. The van der Waals surface area contributed by atoms with E-state index in [0.717, 1.165) is 31.7 Å². The van der Waals surface area contributed by atoms with Crippen molar-refractivity contribution in [3.05, 3.63) is 17.5 Å². The first-order valence-electron chi connectivity index (χ1n) is 5.92. The van der Waals surface area contributed by atoms with Gasteiger partial charge in [-0.3, -0.25) is 9.58 Å². The van der Waals surface area contributed by atoms with Crippen LogP contribution in [-0.4, -0.2) is 33.1 Å². The van der Waals surface area contributed by atoms with E-state index >= 15 is 0 Å². The quantitative estimate of drug-likeness (QED) is 0.740. The fourth-order valence-corrected chi connectivity index (χ4v) is 2.57. The number of aromatic nitrogens is 2. The molecule has 0 radical (unpaired) electrons. The van der Waals surface area contributed by atoms with Crippen molar-refractivity contribution in [2.24, 2.45) is 13.0 Å². The summed E-state index contributed by atoms with van der Waals surface area (Å²) >= 11 is 6.23. The van der Waals surface area contributed by atoms with E-state index < -0.39 is 0 Å². The van der Waals surface area contributed by atoms with Crippen LogP contribution in [0.2, 0.25) is 0 Å². The Labute approximate surface area is 102 Å². The Morgan fingerprint density at radius 2 is 2.31 bits per heavy atom. The maximum Gasteiger partial charge on any atom is 0.0597 e. The van der Waals surface area contributed by atoms with E-state index in [1.54, 1.807) is 0 Å². The van der Waals surface area contributed by atoms with Crippen molar-refractivity contribution in [1.29, 1.82) is 0 Å². The molecule has 1 aliphatic heterocycles. The molecular weight excluding hydrogens is 222 g/mol. The fourth-order valence-electron chi connectivity index (χ4n) is 2.39. The molecule has 4 heteroatoms. The van der Waals surface area contributed by atoms with E-state index in [1.165, 1.54) is 5.69 Å². The van der Waals surface area contributed by atoms with E-state index in [4.69, 9.17) is 11.6 Å². The summed E-state index contributed by atoms with van der Waals surface area (Å²) in [7, 11) is 2.01. The topological polar surface area (TPSA) is 21.1 Å². The Kier molecular flexibility index (Phi) is 3.55. The van der Waals surface area contributed by atoms with Crippen molar-refractivity contribution in [2.45, 2.75) is 32.2 Å². The van der Waals surface area contributed by atoms with E-state index in [2.05, 4.69) is 23.0 Å². The van der Waals surface area contributed by atoms with Crippen LogP contribution in [0.5, 0.6) is 0 Å². The first kappa shape index (κ1) is 11.9. The maximum atomic E-state index is 6.23. The van der Waals surface area contributed by atoms with Crippen LogP contribution >= 0.6 is 11.6 Å². The van der Waals surface area contributed by atoms with Gasteiger partial charge in [-0.2, -0.15) is 5.10 Å². The van der Waals surface area contributed by atoms with Crippen LogP contribution in [0.4, 0.5) is 0 Å². The second-order valence-corrected chi connectivity index (χ2v) is 5.48. The van der Waals surface area contributed by atoms with E-state index in [0.29, 0.717) is 11.3 Å². The van der Waals surface area contributed by atoms with Crippen LogP contribution in [-0.2, 0) is 13.6 Å². The molecule has 1 aromatic heterocycles. The van der Waals surface area contributed by atoms with Crippen LogP contribution in [0, 0.1) is 12.8 Å². The second-order valence-electron chi connectivity index (χ2n) is 4.92. The number of hydrogen-bond donors (Lipinski definition) is 0. The highest BCUT2D eigenvalue weighted by Crippen LogP contribution is 2.22. The normalized spacial score (nSPS) is 27.2. The average Bonchev–Trinajstić information content (AvgIpc) is 2.51. The standard InChI is InChI=1S/C12H20ClN3/c1-9-7-16(5-4-12(9)13)8-11-6-10(2)14-15(11)3/h6,9,12H,4-5,7-8H2,1-3H3. The lowest BCUT2D eigenvalue weighted by atomic mass is 9.99. The first-order chi connectivity index (χ1) is 7.56. The molecule has 90 valence electrons. The molecule has 1 aliphatic rings. The van der Waals surface area contributed by atoms with Crippen molar-refractivity contribution in [3.8, 4) is 0 Å². The second kappa shape index (κ2) is 4.76. The molecule has 2 heterocycles. The molecule has 16 heavy (non-hydrogen) atoms. The van der Waals surface area contributed by atoms with Gasteiger partial charge in [0.25, 0.3) is 0 Å². The van der Waals surface area contributed by atoms with Crippen molar-refractivity contribution >= 4 is 11.6 Å². The molecule has 0 bridgehead atoms. The summed E-state index contributed by atoms with van der Waals surface area (Å²) in [6.45, 7) is 7.46. The number of rotatable bonds is 2. The Morgan fingerprint density at radius 1 is 1.56 bits per heavy atom. The minimum absolute atomic E-state index is 0.351. The van der Waals surface area contributed by atoms with Gasteiger partial charge in [0.15, 0.2) is 0 Å². The molecule has 2 rings (SSSR count). The number of alkyl halides is 1. The lowest BCUT2D eigenvalue weighted by Crippen LogP contribution is -2.39. The SMILES string of the molecule is Cc1cc(CN2CCC(Cl)C(C)C2)n(C)n1. The molecule has 0 N–H and O–H groups in total. The molecule has 0 aliphatic carbocycles. The largest absolute Gasteiger partial charge is 0.297 e. The number of halogens is 1. The number of piperidine rings is 1. The highest BCUT2D eigenvalue weighted by atomic mass is 35.5. The highest BCUT2D eigenvalue weighted by Gasteiger charge is 2.24. The predicted molar refractivity (Wildman–Crippen MR) is 66.6 cm³/mol. The summed E-state index contributed by atoms with van der Waals surface area (Å²) in [6.07, 6.45) is 1.10. The average molecular weight is 242 g/mol. The molecule has 1 fully saturated rings. The highest BCUT2D eigenvalue weighted by molar-refractivity contribution is 6.20. The van der Waals surface area contributed by atoms with Gasteiger partial charge in [-0.15, -0.1) is 11.6 Å². The van der Waals surface area contributed by atoms with Gasteiger partial charge < -0.3 is 0 Å². The van der Waals surface area contributed by atoms with Gasteiger partial charge in [0.2, 0.25) is 0 Å². The predicted octanol–water partition coefficient (Wildman–Crippen LogP) is 2.18. The van der Waals surface area contributed by atoms with Gasteiger partial charge >= 0.3 is 0 Å². The lowest BCUT2D eigenvalue weighted by Gasteiger charge is -2.33. The summed E-state index contributed by atoms with van der Waals surface area (Å²) < 4.78 is 1.98. The van der Waals surface area contributed by atoms with Crippen molar-refractivity contribution in [1.82, 2.24) is 14.7 Å². The third kappa shape index (κ3) is 2.58. The number of nitrogens with zero attached hydrogens (tertiary/aromatic N) is 3. The Hall–Kier alpha value is -0.540. The molecule has 1 saturated heterocycles. The van der Waals surface area contributed by atoms with Crippen LogP contribution < -0.4 is 0 Å². The summed E-state index contributed by atoms with van der Waals surface area (Å²) in [5.41, 5.74) is 2.38. The number of aryl methyl sites for hydroxylation is 2. The van der Waals surface area contributed by atoms with Crippen LogP contribution in [0.25, 0.3) is 0 Å². The molecule has 3 nitrogen and oxygen atoms in total. The molecule has 0 amide bonds. The van der Waals surface area contributed by atoms with Crippen molar-refractivity contribution in [2.75, 3.05) is 13.1 Å². The van der Waals surface area contributed by atoms with Crippen LogP contribution in [0.3, 0.4) is 0 Å². The van der Waals surface area contributed by atoms with Gasteiger partial charge in [-0.1, -0.05) is 6.92 Å². The van der Waals surface area contributed by atoms with E-state index in [9.17, 15) is 0 Å². The van der Waals surface area contributed by atoms with Crippen LogP contribution in [0.1, 0.15) is 24.7 Å². The number of likely N-dealkylation sites (tertiary alicyclic amines) is 1. The smallest absolute Gasteiger partial charge is 0.0597 e. The molecule has 2 atom stereocenters. The van der Waals surface area contributed by atoms with E-state index in [-0.39, 0.29) is 0 Å². The molecule has 0 saturated carbocycles. The van der Waals surface area contributed by atoms with Gasteiger partial charge in [0, 0.05) is 25.5 Å². The Bertz CT molecular complexity index is 361. The Balaban J connectivity index is 1.98. The van der Waals surface area contributed by atoms with Gasteiger partial charge in [-0.25, -0.2) is 0 Å². The van der Waals surface area contributed by atoms with Crippen LogP contribution in [0.15, 0.2) is 6.07 Å². The van der Waals surface area contributed by atoms with E-state index in [1.807, 2.05) is 18.7 Å². The summed E-state index contributed by atoms with van der Waals surface area (Å²) in [6, 6.07) is 2.16. The number of hydrogen-bond acceptors (Lipinski definition) is 2. The fraction of sp³-hybridized carbons (Fsp3) is 0.750. The monoisotopic (exact) mass is 241 g/mol. The molecule has 2 unspecified atom stereocenters. The zero-order valence-corrected chi connectivity index (χ0v) is 11.0. The zero-order chi connectivity index (χ0) is 11.7. The van der Waals surface area contributed by atoms with Crippen molar-refractivity contribution in [3.63, 3.8) is 0 Å². The van der Waals surface area contributed by atoms with Gasteiger partial charge in [0.1, 0.15) is 0 Å². The summed E-state index contributed by atoms with van der Waals surface area (Å²) in [4.78, 5) is 2.47. The maximum absolute atomic E-state index is 6.23. The third-order valence-corrected chi connectivity index (χ3v) is 4.02. The molecule has 1 aromatic rings. The zero-order valence-electron chi connectivity index (χ0n) is 10.3.